The molecule has 1 heterocycles. The fraction of sp³-hybridized carbons (Fsp3) is 0.500. The predicted molar refractivity (Wildman–Crippen MR) is 59.2 cm³/mol. The smallest absolute Gasteiger partial charge is 0.0662 e. The normalized spacial score (nSPS) is 19.0. The molecule has 0 amide bonds. The van der Waals surface area contributed by atoms with Crippen LogP contribution in [0.25, 0.3) is 0 Å². The van der Waals surface area contributed by atoms with Crippen molar-refractivity contribution >= 4 is 0 Å². The largest absolute Gasteiger partial charge is 0.319 e. The molecule has 0 unspecified atom stereocenters. The summed E-state index contributed by atoms with van der Waals surface area (Å²) < 4.78 is 0. The van der Waals surface area contributed by atoms with Crippen LogP contribution in [-0.4, -0.2) is 13.1 Å². The maximum absolute atomic E-state index is 6.19. The van der Waals surface area contributed by atoms with Crippen molar-refractivity contribution in [2.24, 2.45) is 5.73 Å². The lowest BCUT2D eigenvalue weighted by Gasteiger charge is -2.39. The van der Waals surface area contributed by atoms with Gasteiger partial charge in [-0.25, -0.2) is 0 Å². The highest BCUT2D eigenvalue weighted by molar-refractivity contribution is 5.31. The highest BCUT2D eigenvalue weighted by Gasteiger charge is 2.33. The molecule has 0 aromatic heterocycles. The third-order valence-corrected chi connectivity index (χ3v) is 2.95. The van der Waals surface area contributed by atoms with Gasteiger partial charge in [0.15, 0.2) is 0 Å². The lowest BCUT2D eigenvalue weighted by atomic mass is 9.85. The van der Waals surface area contributed by atoms with Crippen LogP contribution in [0.1, 0.15) is 24.5 Å². The molecule has 2 rings (SSSR count). The molecular weight excluding hydrogens is 172 g/mol. The first-order valence-corrected chi connectivity index (χ1v) is 5.33. The Kier molecular flexibility index (Phi) is 2.57. The Morgan fingerprint density at radius 3 is 2.36 bits per heavy atom. The van der Waals surface area contributed by atoms with Crippen LogP contribution >= 0.6 is 0 Å². The monoisotopic (exact) mass is 190 g/mol. The molecule has 2 heteroatoms. The molecular formula is C12H18N2. The molecule has 1 aliphatic rings. The van der Waals surface area contributed by atoms with Gasteiger partial charge in [-0.05, 0) is 17.5 Å². The third-order valence-electron chi connectivity index (χ3n) is 2.95. The second-order valence-corrected chi connectivity index (χ2v) is 4.21. The number of nitrogens with one attached hydrogen (secondary N) is 1. The molecule has 76 valence electrons. The van der Waals surface area contributed by atoms with Crippen LogP contribution in [-0.2, 0) is 12.0 Å². The van der Waals surface area contributed by atoms with Crippen LogP contribution in [0.3, 0.4) is 0 Å². The van der Waals surface area contributed by atoms with Crippen molar-refractivity contribution in [1.82, 2.24) is 5.32 Å². The topological polar surface area (TPSA) is 38.0 Å². The zero-order valence-electron chi connectivity index (χ0n) is 8.72. The Balaban J connectivity index is 2.13. The zero-order valence-corrected chi connectivity index (χ0v) is 8.72. The summed E-state index contributed by atoms with van der Waals surface area (Å²) in [5.74, 6) is 0. The Bertz CT molecular complexity index is 299. The minimum atomic E-state index is -0.106. The SMILES string of the molecule is CCCc1ccc(C2(N)CNC2)cc1. The number of hydrogen-bond acceptors (Lipinski definition) is 2. The van der Waals surface area contributed by atoms with E-state index in [-0.39, 0.29) is 5.54 Å². The van der Waals surface area contributed by atoms with E-state index < -0.39 is 0 Å². The molecule has 1 fully saturated rings. The Labute approximate surface area is 85.5 Å². The van der Waals surface area contributed by atoms with Gasteiger partial charge in [-0.3, -0.25) is 0 Å². The van der Waals surface area contributed by atoms with Gasteiger partial charge in [0.2, 0.25) is 0 Å². The van der Waals surface area contributed by atoms with E-state index in [1.165, 1.54) is 17.5 Å². The molecule has 2 nitrogen and oxygen atoms in total. The summed E-state index contributed by atoms with van der Waals surface area (Å²) in [5, 5.41) is 3.21. The highest BCUT2D eigenvalue weighted by Crippen LogP contribution is 2.22. The Morgan fingerprint density at radius 1 is 1.29 bits per heavy atom. The van der Waals surface area contributed by atoms with E-state index in [4.69, 9.17) is 5.73 Å². The molecule has 0 saturated carbocycles. The lowest BCUT2D eigenvalue weighted by Crippen LogP contribution is -2.62. The summed E-state index contributed by atoms with van der Waals surface area (Å²) in [4.78, 5) is 0. The molecule has 0 spiro atoms. The molecule has 1 aromatic carbocycles. The minimum Gasteiger partial charge on any atom is -0.319 e. The van der Waals surface area contributed by atoms with Gasteiger partial charge in [0.1, 0.15) is 0 Å². The van der Waals surface area contributed by atoms with Gasteiger partial charge in [-0.2, -0.15) is 0 Å². The zero-order chi connectivity index (χ0) is 10.0. The number of hydrogen-bond donors (Lipinski definition) is 2. The summed E-state index contributed by atoms with van der Waals surface area (Å²) in [6.45, 7) is 4.01. The maximum atomic E-state index is 6.19. The van der Waals surface area contributed by atoms with Crippen molar-refractivity contribution in [3.05, 3.63) is 35.4 Å². The second kappa shape index (κ2) is 3.71. The molecule has 3 N–H and O–H groups in total. The van der Waals surface area contributed by atoms with Crippen LogP contribution in [0.2, 0.25) is 0 Å². The summed E-state index contributed by atoms with van der Waals surface area (Å²) in [6, 6.07) is 8.75. The van der Waals surface area contributed by atoms with Gasteiger partial charge < -0.3 is 11.1 Å². The maximum Gasteiger partial charge on any atom is 0.0662 e. The molecule has 0 radical (unpaired) electrons. The lowest BCUT2D eigenvalue weighted by molar-refractivity contribution is 0.287. The fourth-order valence-corrected chi connectivity index (χ4v) is 1.89. The second-order valence-electron chi connectivity index (χ2n) is 4.21. The van der Waals surface area contributed by atoms with Crippen molar-refractivity contribution in [1.29, 1.82) is 0 Å². The first-order valence-electron chi connectivity index (χ1n) is 5.33. The van der Waals surface area contributed by atoms with Gasteiger partial charge >= 0.3 is 0 Å². The summed E-state index contributed by atoms with van der Waals surface area (Å²) in [5.41, 5.74) is 8.75. The van der Waals surface area contributed by atoms with E-state index in [9.17, 15) is 0 Å². The molecule has 14 heavy (non-hydrogen) atoms. The van der Waals surface area contributed by atoms with Crippen LogP contribution in [0.4, 0.5) is 0 Å². The van der Waals surface area contributed by atoms with Crippen LogP contribution in [0, 0.1) is 0 Å². The van der Waals surface area contributed by atoms with Gasteiger partial charge in [0.05, 0.1) is 5.54 Å². The molecule has 0 atom stereocenters. The number of aryl methyl sites for hydroxylation is 1. The summed E-state index contributed by atoms with van der Waals surface area (Å²) in [7, 11) is 0. The van der Waals surface area contributed by atoms with Gasteiger partial charge in [0.25, 0.3) is 0 Å². The van der Waals surface area contributed by atoms with Crippen molar-refractivity contribution < 1.29 is 0 Å². The standard InChI is InChI=1S/C12H18N2/c1-2-3-10-4-6-11(7-5-10)12(13)8-14-9-12/h4-7,14H,2-3,8-9,13H2,1H3. The van der Waals surface area contributed by atoms with Crippen LogP contribution in [0.5, 0.6) is 0 Å². The van der Waals surface area contributed by atoms with E-state index in [1.807, 2.05) is 0 Å². The van der Waals surface area contributed by atoms with Gasteiger partial charge in [0, 0.05) is 13.1 Å². The quantitative estimate of drug-likeness (QED) is 0.756. The van der Waals surface area contributed by atoms with Crippen molar-refractivity contribution in [2.75, 3.05) is 13.1 Å². The van der Waals surface area contributed by atoms with Crippen LogP contribution < -0.4 is 11.1 Å². The Morgan fingerprint density at radius 2 is 1.93 bits per heavy atom. The number of rotatable bonds is 3. The average molecular weight is 190 g/mol. The average Bonchev–Trinajstić information content (AvgIpc) is 2.16. The van der Waals surface area contributed by atoms with E-state index >= 15 is 0 Å². The predicted octanol–water partition coefficient (Wildman–Crippen LogP) is 1.40. The van der Waals surface area contributed by atoms with E-state index in [1.54, 1.807) is 0 Å². The van der Waals surface area contributed by atoms with E-state index in [0.717, 1.165) is 19.5 Å². The first-order chi connectivity index (χ1) is 6.74. The van der Waals surface area contributed by atoms with Crippen molar-refractivity contribution in [3.8, 4) is 0 Å². The molecule has 0 aliphatic carbocycles. The Hall–Kier alpha value is -0.860. The third kappa shape index (κ3) is 1.68. The number of nitrogens with two attached hydrogens (primary N) is 1. The van der Waals surface area contributed by atoms with Gasteiger partial charge in [-0.15, -0.1) is 0 Å². The van der Waals surface area contributed by atoms with Gasteiger partial charge in [-0.1, -0.05) is 37.6 Å². The molecule has 1 saturated heterocycles. The van der Waals surface area contributed by atoms with E-state index in [2.05, 4.69) is 36.5 Å². The van der Waals surface area contributed by atoms with Crippen molar-refractivity contribution in [3.63, 3.8) is 0 Å². The number of benzene rings is 1. The molecule has 0 bridgehead atoms. The van der Waals surface area contributed by atoms with E-state index in [0.29, 0.717) is 0 Å². The molecule has 1 aliphatic heterocycles. The summed E-state index contributed by atoms with van der Waals surface area (Å²) >= 11 is 0. The van der Waals surface area contributed by atoms with Crippen molar-refractivity contribution in [2.45, 2.75) is 25.3 Å². The first kappa shape index (κ1) is 9.69. The summed E-state index contributed by atoms with van der Waals surface area (Å²) in [6.07, 6.45) is 2.37. The molecule has 1 aromatic rings. The minimum absolute atomic E-state index is 0.106. The highest BCUT2D eigenvalue weighted by atomic mass is 15.1. The fourth-order valence-electron chi connectivity index (χ4n) is 1.89. The van der Waals surface area contributed by atoms with Crippen LogP contribution in [0.15, 0.2) is 24.3 Å².